The summed E-state index contributed by atoms with van der Waals surface area (Å²) in [6.45, 7) is 4.24. The van der Waals surface area contributed by atoms with Crippen LogP contribution in [-0.4, -0.2) is 40.5 Å². The number of aryl methyl sites for hydroxylation is 1. The molecule has 0 aliphatic carbocycles. The summed E-state index contributed by atoms with van der Waals surface area (Å²) >= 11 is 1.66. The predicted molar refractivity (Wildman–Crippen MR) is 116 cm³/mol. The Morgan fingerprint density at radius 2 is 2.03 bits per heavy atom. The van der Waals surface area contributed by atoms with Crippen molar-refractivity contribution in [1.29, 1.82) is 0 Å². The van der Waals surface area contributed by atoms with Crippen LogP contribution in [0.5, 0.6) is 0 Å². The fourth-order valence-corrected chi connectivity index (χ4v) is 4.26. The molecule has 29 heavy (non-hydrogen) atoms. The molecular weight excluding hydrogens is 382 g/mol. The van der Waals surface area contributed by atoms with Crippen molar-refractivity contribution in [3.63, 3.8) is 0 Å². The number of aromatic nitrogens is 3. The van der Waals surface area contributed by atoms with Crippen molar-refractivity contribution in [3.05, 3.63) is 58.7 Å². The van der Waals surface area contributed by atoms with Crippen LogP contribution in [0.2, 0.25) is 0 Å². The Kier molecular flexibility index (Phi) is 6.14. The number of carbonyl (C=O) groups excluding carboxylic acids is 1. The number of hydrogen-bond donors (Lipinski definition) is 1. The second kappa shape index (κ2) is 9.13. The van der Waals surface area contributed by atoms with Gasteiger partial charge < -0.3 is 10.2 Å². The summed E-state index contributed by atoms with van der Waals surface area (Å²) in [6.07, 6.45) is 6.20. The number of benzene rings is 1. The van der Waals surface area contributed by atoms with Crippen LogP contribution in [0.3, 0.4) is 0 Å². The van der Waals surface area contributed by atoms with E-state index in [1.165, 1.54) is 5.56 Å². The summed E-state index contributed by atoms with van der Waals surface area (Å²) in [7, 11) is 0. The molecule has 0 spiro atoms. The molecule has 1 fully saturated rings. The van der Waals surface area contributed by atoms with E-state index >= 15 is 0 Å². The number of carbonyl (C=O) groups is 1. The van der Waals surface area contributed by atoms with Crippen molar-refractivity contribution >= 4 is 23.2 Å². The molecule has 0 saturated carbocycles. The summed E-state index contributed by atoms with van der Waals surface area (Å²) < 4.78 is 0. The van der Waals surface area contributed by atoms with Crippen LogP contribution in [0.4, 0.5) is 5.95 Å². The lowest BCUT2D eigenvalue weighted by atomic mass is 9.97. The molecule has 0 bridgehead atoms. The van der Waals surface area contributed by atoms with Gasteiger partial charge in [-0.25, -0.2) is 15.0 Å². The van der Waals surface area contributed by atoms with E-state index in [0.29, 0.717) is 19.0 Å². The fourth-order valence-electron chi connectivity index (χ4n) is 3.64. The van der Waals surface area contributed by atoms with Crippen LogP contribution in [0, 0.1) is 12.8 Å². The second-order valence-electron chi connectivity index (χ2n) is 7.32. The van der Waals surface area contributed by atoms with Gasteiger partial charge >= 0.3 is 0 Å². The van der Waals surface area contributed by atoms with E-state index in [0.717, 1.165) is 42.1 Å². The van der Waals surface area contributed by atoms with Crippen molar-refractivity contribution in [2.24, 2.45) is 5.92 Å². The average molecular weight is 408 g/mol. The fraction of sp³-hybridized carbons (Fsp3) is 0.364. The molecule has 1 aromatic carbocycles. The molecule has 2 aromatic heterocycles. The molecule has 1 atom stereocenters. The van der Waals surface area contributed by atoms with Gasteiger partial charge in [-0.3, -0.25) is 4.79 Å². The molecular formula is C22H25N5OS. The highest BCUT2D eigenvalue weighted by Gasteiger charge is 2.26. The van der Waals surface area contributed by atoms with Crippen LogP contribution >= 0.6 is 11.3 Å². The van der Waals surface area contributed by atoms with Gasteiger partial charge in [0.1, 0.15) is 0 Å². The van der Waals surface area contributed by atoms with Gasteiger partial charge in [0.05, 0.1) is 16.6 Å². The minimum atomic E-state index is -0.0113. The Bertz CT molecular complexity index is 941. The van der Waals surface area contributed by atoms with Crippen LogP contribution in [-0.2, 0) is 11.2 Å². The zero-order valence-corrected chi connectivity index (χ0v) is 17.4. The standard InChI is InChI=1S/C22H25N5OS/c1-16-26-20(15-29-16)18-7-5-17(6-8-18)9-12-23-21(28)19-4-2-13-27(14-19)22-24-10-3-11-25-22/h3,5-8,10-11,15,19H,2,4,9,12-14H2,1H3,(H,23,28)/t19-/m1/s1. The number of thiazole rings is 1. The summed E-state index contributed by atoms with van der Waals surface area (Å²) in [5.74, 6) is 0.823. The summed E-state index contributed by atoms with van der Waals surface area (Å²) in [5, 5.41) is 6.26. The molecule has 150 valence electrons. The average Bonchev–Trinajstić information content (AvgIpc) is 3.21. The summed E-state index contributed by atoms with van der Waals surface area (Å²) in [6, 6.07) is 10.2. The van der Waals surface area contributed by atoms with Gasteiger partial charge in [-0.15, -0.1) is 11.3 Å². The number of anilines is 1. The maximum absolute atomic E-state index is 12.6. The maximum atomic E-state index is 12.6. The van der Waals surface area contributed by atoms with E-state index in [9.17, 15) is 4.79 Å². The van der Waals surface area contributed by atoms with Crippen LogP contribution in [0.15, 0.2) is 48.1 Å². The van der Waals surface area contributed by atoms with E-state index in [-0.39, 0.29) is 11.8 Å². The largest absolute Gasteiger partial charge is 0.355 e. The molecule has 0 radical (unpaired) electrons. The van der Waals surface area contributed by atoms with Crippen LogP contribution in [0.1, 0.15) is 23.4 Å². The highest BCUT2D eigenvalue weighted by Crippen LogP contribution is 2.22. The Labute approximate surface area is 175 Å². The number of amides is 1. The predicted octanol–water partition coefficient (Wildman–Crippen LogP) is 3.48. The number of hydrogen-bond acceptors (Lipinski definition) is 6. The van der Waals surface area contributed by atoms with Gasteiger partial charge in [0.15, 0.2) is 0 Å². The Morgan fingerprint density at radius 3 is 2.76 bits per heavy atom. The number of rotatable bonds is 6. The molecule has 1 saturated heterocycles. The highest BCUT2D eigenvalue weighted by atomic mass is 32.1. The third-order valence-electron chi connectivity index (χ3n) is 5.21. The lowest BCUT2D eigenvalue weighted by molar-refractivity contribution is -0.125. The van der Waals surface area contributed by atoms with Crippen molar-refractivity contribution in [2.45, 2.75) is 26.2 Å². The quantitative estimate of drug-likeness (QED) is 0.677. The summed E-state index contributed by atoms with van der Waals surface area (Å²) in [5.41, 5.74) is 3.37. The Hall–Kier alpha value is -2.80. The van der Waals surface area contributed by atoms with Gasteiger partial charge in [0.25, 0.3) is 0 Å². The first-order valence-electron chi connectivity index (χ1n) is 10.00. The van der Waals surface area contributed by atoms with E-state index < -0.39 is 0 Å². The van der Waals surface area contributed by atoms with E-state index in [2.05, 4.69) is 54.8 Å². The number of nitrogens with zero attached hydrogens (tertiary/aromatic N) is 4. The van der Waals surface area contributed by atoms with Gasteiger partial charge in [-0.2, -0.15) is 0 Å². The van der Waals surface area contributed by atoms with Crippen LogP contribution in [0.25, 0.3) is 11.3 Å². The summed E-state index contributed by atoms with van der Waals surface area (Å²) in [4.78, 5) is 27.9. The monoisotopic (exact) mass is 407 g/mol. The first-order valence-corrected chi connectivity index (χ1v) is 10.9. The zero-order chi connectivity index (χ0) is 20.1. The molecule has 3 aromatic rings. The normalized spacial score (nSPS) is 16.6. The smallest absolute Gasteiger partial charge is 0.225 e. The van der Waals surface area contributed by atoms with Crippen molar-refractivity contribution in [2.75, 3.05) is 24.5 Å². The minimum Gasteiger partial charge on any atom is -0.355 e. The Balaban J connectivity index is 1.26. The number of piperidine rings is 1. The maximum Gasteiger partial charge on any atom is 0.225 e. The zero-order valence-electron chi connectivity index (χ0n) is 16.5. The molecule has 4 rings (SSSR count). The van der Waals surface area contributed by atoms with E-state index in [1.54, 1.807) is 23.7 Å². The molecule has 7 heteroatoms. The lowest BCUT2D eigenvalue weighted by Crippen LogP contribution is -2.44. The van der Waals surface area contributed by atoms with Gasteiger partial charge in [0, 0.05) is 43.0 Å². The molecule has 6 nitrogen and oxygen atoms in total. The van der Waals surface area contributed by atoms with Crippen LogP contribution < -0.4 is 10.2 Å². The minimum absolute atomic E-state index is 0.0113. The SMILES string of the molecule is Cc1nc(-c2ccc(CCNC(=O)[C@@H]3CCCN(c4ncccn4)C3)cc2)cs1. The third kappa shape index (κ3) is 4.98. The first-order chi connectivity index (χ1) is 14.2. The van der Waals surface area contributed by atoms with E-state index in [1.807, 2.05) is 13.0 Å². The second-order valence-corrected chi connectivity index (χ2v) is 8.39. The molecule has 1 aliphatic rings. The van der Waals surface area contributed by atoms with Crippen molar-refractivity contribution < 1.29 is 4.79 Å². The van der Waals surface area contributed by atoms with Crippen molar-refractivity contribution in [1.82, 2.24) is 20.3 Å². The van der Waals surface area contributed by atoms with Crippen molar-refractivity contribution in [3.8, 4) is 11.3 Å². The molecule has 1 N–H and O–H groups in total. The number of nitrogens with one attached hydrogen (secondary N) is 1. The first kappa shape index (κ1) is 19.5. The lowest BCUT2D eigenvalue weighted by Gasteiger charge is -2.31. The van der Waals surface area contributed by atoms with Gasteiger partial charge in [-0.05, 0) is 37.8 Å². The van der Waals surface area contributed by atoms with Gasteiger partial charge in [-0.1, -0.05) is 24.3 Å². The Morgan fingerprint density at radius 1 is 1.24 bits per heavy atom. The van der Waals surface area contributed by atoms with Gasteiger partial charge in [0.2, 0.25) is 11.9 Å². The molecule has 0 unspecified atom stereocenters. The third-order valence-corrected chi connectivity index (χ3v) is 5.98. The topological polar surface area (TPSA) is 71.0 Å². The molecule has 1 amide bonds. The van der Waals surface area contributed by atoms with E-state index in [4.69, 9.17) is 0 Å². The molecule has 1 aliphatic heterocycles. The molecule has 3 heterocycles. The highest BCUT2D eigenvalue weighted by molar-refractivity contribution is 7.09.